The zero-order chi connectivity index (χ0) is 20.7. The number of nitrogens with zero attached hydrogens (tertiary/aromatic N) is 4. The number of imidazole rings is 1. The smallest absolute Gasteiger partial charge is 0.274 e. The van der Waals surface area contributed by atoms with E-state index in [9.17, 15) is 9.90 Å². The minimum Gasteiger partial charge on any atom is -0.392 e. The Bertz CT molecular complexity index is 1100. The number of aromatic nitrogens is 2. The third-order valence-corrected chi connectivity index (χ3v) is 6.38. The molecule has 3 aromatic rings. The van der Waals surface area contributed by atoms with Crippen molar-refractivity contribution in [2.75, 3.05) is 19.6 Å². The van der Waals surface area contributed by atoms with E-state index in [0.717, 1.165) is 31.5 Å². The number of halogens is 1. The van der Waals surface area contributed by atoms with Gasteiger partial charge in [-0.05, 0) is 49.1 Å². The number of hydrogen-bond acceptors (Lipinski definition) is 4. The molecule has 0 spiro atoms. The lowest BCUT2D eigenvalue weighted by Gasteiger charge is -2.31. The van der Waals surface area contributed by atoms with Crippen molar-refractivity contribution < 1.29 is 9.90 Å². The molecule has 1 N–H and O–H groups in total. The van der Waals surface area contributed by atoms with Crippen LogP contribution in [0, 0.1) is 0 Å². The molecule has 5 rings (SSSR count). The highest BCUT2D eigenvalue weighted by Crippen LogP contribution is 2.24. The Balaban J connectivity index is 1.49. The molecule has 0 radical (unpaired) electrons. The molecule has 0 aliphatic carbocycles. The van der Waals surface area contributed by atoms with Gasteiger partial charge in [-0.1, -0.05) is 35.9 Å². The topological polar surface area (TPSA) is 61.1 Å². The Labute approximate surface area is 180 Å². The number of aliphatic hydroxyl groups is 1. The first-order valence-electron chi connectivity index (χ1n) is 10.5. The molecule has 30 heavy (non-hydrogen) atoms. The molecule has 1 atom stereocenters. The van der Waals surface area contributed by atoms with E-state index in [-0.39, 0.29) is 12.0 Å². The third kappa shape index (κ3) is 3.71. The molecule has 1 fully saturated rings. The predicted octanol–water partition coefficient (Wildman–Crippen LogP) is 3.14. The summed E-state index contributed by atoms with van der Waals surface area (Å²) in [4.78, 5) is 22.3. The van der Waals surface area contributed by atoms with Gasteiger partial charge < -0.3 is 14.4 Å². The van der Waals surface area contributed by atoms with Crippen molar-refractivity contribution in [3.63, 3.8) is 0 Å². The summed E-state index contributed by atoms with van der Waals surface area (Å²) in [5.41, 5.74) is 4.55. The van der Waals surface area contributed by atoms with Crippen molar-refractivity contribution in [2.45, 2.75) is 38.5 Å². The number of aliphatic hydroxyl groups excluding tert-OH is 1. The number of fused-ring (bicyclic) bond motifs is 2. The van der Waals surface area contributed by atoms with Crippen LogP contribution in [-0.2, 0) is 19.5 Å². The average molecular weight is 425 g/mol. The molecule has 0 saturated carbocycles. The van der Waals surface area contributed by atoms with Gasteiger partial charge >= 0.3 is 0 Å². The summed E-state index contributed by atoms with van der Waals surface area (Å²) >= 11 is 6.25. The normalized spacial score (nSPS) is 19.8. The van der Waals surface area contributed by atoms with E-state index in [2.05, 4.69) is 17.0 Å². The second kappa shape index (κ2) is 8.02. The number of piperidine rings is 1. The fourth-order valence-electron chi connectivity index (χ4n) is 4.60. The van der Waals surface area contributed by atoms with Crippen molar-refractivity contribution in [3.8, 4) is 0 Å². The van der Waals surface area contributed by atoms with E-state index in [0.29, 0.717) is 42.5 Å². The van der Waals surface area contributed by atoms with Crippen molar-refractivity contribution in [2.24, 2.45) is 0 Å². The molecule has 1 saturated heterocycles. The van der Waals surface area contributed by atoms with Crippen molar-refractivity contribution in [1.82, 2.24) is 19.2 Å². The van der Waals surface area contributed by atoms with Gasteiger partial charge in [-0.2, -0.15) is 0 Å². The minimum atomic E-state index is -0.320. The lowest BCUT2D eigenvalue weighted by molar-refractivity contribution is 0.0648. The van der Waals surface area contributed by atoms with Crippen molar-refractivity contribution in [1.29, 1.82) is 0 Å². The molecular weight excluding hydrogens is 400 g/mol. The van der Waals surface area contributed by atoms with Crippen LogP contribution in [-0.4, -0.2) is 55.9 Å². The van der Waals surface area contributed by atoms with Crippen LogP contribution < -0.4 is 0 Å². The second-order valence-electron chi connectivity index (χ2n) is 8.26. The van der Waals surface area contributed by atoms with Crippen LogP contribution in [0.3, 0.4) is 0 Å². The van der Waals surface area contributed by atoms with E-state index in [1.807, 2.05) is 33.7 Å². The van der Waals surface area contributed by atoms with E-state index in [1.54, 1.807) is 6.07 Å². The first-order chi connectivity index (χ1) is 14.6. The molecule has 1 aromatic carbocycles. The monoisotopic (exact) mass is 424 g/mol. The minimum absolute atomic E-state index is 0.0446. The Kier molecular flexibility index (Phi) is 5.23. The molecule has 2 aromatic heterocycles. The molecule has 7 heteroatoms. The maximum atomic E-state index is 13.5. The quantitative estimate of drug-likeness (QED) is 0.701. The summed E-state index contributed by atoms with van der Waals surface area (Å²) in [6.45, 7) is 3.36. The van der Waals surface area contributed by atoms with E-state index < -0.39 is 0 Å². The van der Waals surface area contributed by atoms with E-state index in [1.165, 1.54) is 11.1 Å². The highest BCUT2D eigenvalue weighted by molar-refractivity contribution is 6.30. The van der Waals surface area contributed by atoms with E-state index in [4.69, 9.17) is 16.6 Å². The van der Waals surface area contributed by atoms with Crippen molar-refractivity contribution in [3.05, 3.63) is 70.1 Å². The fraction of sp³-hybridized carbons (Fsp3) is 0.391. The van der Waals surface area contributed by atoms with Gasteiger partial charge in [0.2, 0.25) is 0 Å². The fourth-order valence-corrected chi connectivity index (χ4v) is 4.76. The highest BCUT2D eigenvalue weighted by Gasteiger charge is 2.28. The predicted molar refractivity (Wildman–Crippen MR) is 116 cm³/mol. The lowest BCUT2D eigenvalue weighted by atomic mass is 9.99. The third-order valence-electron chi connectivity index (χ3n) is 6.16. The summed E-state index contributed by atoms with van der Waals surface area (Å²) in [5, 5.41) is 10.7. The molecule has 2 aliphatic rings. The Morgan fingerprint density at radius 1 is 1.17 bits per heavy atom. The van der Waals surface area contributed by atoms with Crippen LogP contribution in [0.4, 0.5) is 0 Å². The van der Waals surface area contributed by atoms with Gasteiger partial charge in [0.1, 0.15) is 5.65 Å². The molecule has 0 bridgehead atoms. The first-order valence-corrected chi connectivity index (χ1v) is 10.9. The Morgan fingerprint density at radius 3 is 2.83 bits per heavy atom. The Hall–Kier alpha value is -2.41. The molecular formula is C23H25ClN4O2. The van der Waals surface area contributed by atoms with Crippen LogP contribution in [0.1, 0.15) is 40.2 Å². The van der Waals surface area contributed by atoms with Crippen LogP contribution in [0.15, 0.2) is 42.6 Å². The molecule has 0 unspecified atom stereocenters. The van der Waals surface area contributed by atoms with Crippen LogP contribution >= 0.6 is 11.6 Å². The van der Waals surface area contributed by atoms with Gasteiger partial charge in [-0.25, -0.2) is 4.98 Å². The second-order valence-corrected chi connectivity index (χ2v) is 8.70. The number of carbonyl (C=O) groups is 1. The summed E-state index contributed by atoms with van der Waals surface area (Å²) in [7, 11) is 0. The maximum absolute atomic E-state index is 13.5. The van der Waals surface area contributed by atoms with E-state index >= 15 is 0 Å². The Morgan fingerprint density at radius 2 is 2.00 bits per heavy atom. The number of carbonyl (C=O) groups excluding carboxylic acids is 1. The number of amides is 1. The standard InChI is InChI=1S/C23H25ClN4O2/c24-18-7-8-21-25-22(20(28(21)13-18)15-26-10-3-6-19(29)14-26)23(30)27-11-9-16-4-1-2-5-17(16)12-27/h1-2,4-5,7-8,13,19,29H,3,6,9-12,14-15H2/t19-/m1/s1. The molecule has 6 nitrogen and oxygen atoms in total. The zero-order valence-electron chi connectivity index (χ0n) is 16.8. The van der Waals surface area contributed by atoms with Crippen LogP contribution in [0.2, 0.25) is 5.02 Å². The summed E-state index contributed by atoms with van der Waals surface area (Å²) in [5.74, 6) is -0.0446. The number of pyridine rings is 1. The average Bonchev–Trinajstić information content (AvgIpc) is 3.10. The molecule has 1 amide bonds. The van der Waals surface area contributed by atoms with Gasteiger partial charge in [-0.3, -0.25) is 9.69 Å². The van der Waals surface area contributed by atoms with Crippen LogP contribution in [0.25, 0.3) is 5.65 Å². The SMILES string of the molecule is O=C(c1nc2ccc(Cl)cn2c1CN1CCC[C@@H](O)C1)N1CCc2ccccc2C1. The molecule has 4 heterocycles. The van der Waals surface area contributed by atoms with Gasteiger partial charge in [0.05, 0.1) is 16.8 Å². The highest BCUT2D eigenvalue weighted by atomic mass is 35.5. The van der Waals surface area contributed by atoms with Gasteiger partial charge in [0, 0.05) is 32.4 Å². The molecule has 156 valence electrons. The summed E-state index contributed by atoms with van der Waals surface area (Å²) in [6, 6.07) is 11.9. The number of hydrogen-bond donors (Lipinski definition) is 1. The lowest BCUT2D eigenvalue weighted by Crippen LogP contribution is -2.39. The first kappa shape index (κ1) is 19.5. The summed E-state index contributed by atoms with van der Waals surface area (Å²) < 4.78 is 1.93. The largest absolute Gasteiger partial charge is 0.392 e. The number of β-amino-alcohol motifs (C(OH)–C–C–N with tert-alkyl or cyclic N) is 1. The number of rotatable bonds is 3. The van der Waals surface area contributed by atoms with Crippen LogP contribution in [0.5, 0.6) is 0 Å². The molecule has 2 aliphatic heterocycles. The number of likely N-dealkylation sites (tertiary alicyclic amines) is 1. The maximum Gasteiger partial charge on any atom is 0.274 e. The van der Waals surface area contributed by atoms with Gasteiger partial charge in [0.25, 0.3) is 5.91 Å². The summed E-state index contributed by atoms with van der Waals surface area (Å²) in [6.07, 6.45) is 4.13. The van der Waals surface area contributed by atoms with Gasteiger partial charge in [-0.15, -0.1) is 0 Å². The number of benzene rings is 1. The van der Waals surface area contributed by atoms with Gasteiger partial charge in [0.15, 0.2) is 5.69 Å². The zero-order valence-corrected chi connectivity index (χ0v) is 17.6. The van der Waals surface area contributed by atoms with Crippen molar-refractivity contribution >= 4 is 23.2 Å².